The van der Waals surface area contributed by atoms with E-state index in [0.29, 0.717) is 11.7 Å². The maximum absolute atomic E-state index is 5.98. The average molecular weight is 245 g/mol. The minimum atomic E-state index is 0.512. The van der Waals surface area contributed by atoms with Crippen molar-refractivity contribution in [3.05, 3.63) is 30.3 Å². The van der Waals surface area contributed by atoms with Gasteiger partial charge in [0.05, 0.1) is 12.8 Å². The second-order valence-corrected chi connectivity index (χ2v) is 4.73. The number of methoxy groups -OCH3 is 1. The Kier molecular flexibility index (Phi) is 3.55. The molecular weight excluding hydrogens is 226 g/mol. The Hall–Kier alpha value is -1.97. The third kappa shape index (κ3) is 2.47. The van der Waals surface area contributed by atoms with Crippen molar-refractivity contribution in [1.29, 1.82) is 0 Å². The van der Waals surface area contributed by atoms with Crippen LogP contribution in [0.1, 0.15) is 13.8 Å². The molecule has 4 nitrogen and oxygen atoms in total. The Labute approximate surface area is 107 Å². The molecule has 0 atom stereocenters. The average Bonchev–Trinajstić information content (AvgIpc) is 2.70. The number of hydrogen-bond acceptors (Lipinski definition) is 3. The number of nitrogens with zero attached hydrogens (tertiary/aromatic N) is 2. The van der Waals surface area contributed by atoms with Crippen LogP contribution in [0, 0.1) is 5.92 Å². The molecule has 96 valence electrons. The van der Waals surface area contributed by atoms with Crippen molar-refractivity contribution >= 4 is 5.82 Å². The fraction of sp³-hybridized carbons (Fsp3) is 0.357. The normalized spacial score (nSPS) is 10.9. The lowest BCUT2D eigenvalue weighted by molar-refractivity contribution is 0.416. The predicted octanol–water partition coefficient (Wildman–Crippen LogP) is 2.80. The van der Waals surface area contributed by atoms with Crippen LogP contribution in [0.4, 0.5) is 5.82 Å². The number of ether oxygens (including phenoxy) is 1. The Morgan fingerprint density at radius 2 is 2.06 bits per heavy atom. The molecule has 0 bridgehead atoms. The summed E-state index contributed by atoms with van der Waals surface area (Å²) in [5.74, 6) is 2.01. The van der Waals surface area contributed by atoms with Gasteiger partial charge in [-0.05, 0) is 18.1 Å². The molecule has 2 N–H and O–H groups in total. The number of nitrogens with two attached hydrogens (primary N) is 1. The first kappa shape index (κ1) is 12.5. The summed E-state index contributed by atoms with van der Waals surface area (Å²) < 4.78 is 7.18. The molecule has 0 radical (unpaired) electrons. The summed E-state index contributed by atoms with van der Waals surface area (Å²) in [6, 6.07) is 9.71. The fourth-order valence-electron chi connectivity index (χ4n) is 1.91. The second-order valence-electron chi connectivity index (χ2n) is 4.73. The van der Waals surface area contributed by atoms with E-state index in [-0.39, 0.29) is 0 Å². The topological polar surface area (TPSA) is 53.1 Å². The molecule has 1 heterocycles. The van der Waals surface area contributed by atoms with Crippen LogP contribution < -0.4 is 10.5 Å². The number of para-hydroxylation sites is 1. The van der Waals surface area contributed by atoms with Crippen LogP contribution in [0.15, 0.2) is 30.3 Å². The van der Waals surface area contributed by atoms with Gasteiger partial charge >= 0.3 is 0 Å². The first-order chi connectivity index (χ1) is 8.61. The molecule has 0 saturated carbocycles. The number of benzene rings is 1. The third-order valence-electron chi connectivity index (χ3n) is 2.73. The smallest absolute Gasteiger partial charge is 0.128 e. The zero-order valence-corrected chi connectivity index (χ0v) is 11.1. The Morgan fingerprint density at radius 3 is 2.72 bits per heavy atom. The summed E-state index contributed by atoms with van der Waals surface area (Å²) in [5, 5.41) is 4.54. The monoisotopic (exact) mass is 245 g/mol. The van der Waals surface area contributed by atoms with Crippen molar-refractivity contribution in [1.82, 2.24) is 9.78 Å². The van der Waals surface area contributed by atoms with Crippen LogP contribution in [0.5, 0.6) is 5.75 Å². The maximum Gasteiger partial charge on any atom is 0.128 e. The number of nitrogen functional groups attached to an aromatic ring is 1. The maximum atomic E-state index is 5.98. The molecule has 2 aromatic rings. The van der Waals surface area contributed by atoms with Gasteiger partial charge in [-0.3, -0.25) is 0 Å². The van der Waals surface area contributed by atoms with Gasteiger partial charge in [-0.1, -0.05) is 26.0 Å². The van der Waals surface area contributed by atoms with Gasteiger partial charge in [-0.25, -0.2) is 4.68 Å². The van der Waals surface area contributed by atoms with E-state index in [1.807, 2.05) is 35.0 Å². The Bertz CT molecular complexity index is 532. The summed E-state index contributed by atoms with van der Waals surface area (Å²) >= 11 is 0. The van der Waals surface area contributed by atoms with Gasteiger partial charge in [-0.2, -0.15) is 5.10 Å². The van der Waals surface area contributed by atoms with Gasteiger partial charge in [0.25, 0.3) is 0 Å². The molecule has 0 saturated heterocycles. The third-order valence-corrected chi connectivity index (χ3v) is 2.73. The van der Waals surface area contributed by atoms with Crippen molar-refractivity contribution in [3.63, 3.8) is 0 Å². The Balaban J connectivity index is 2.39. The molecule has 18 heavy (non-hydrogen) atoms. The van der Waals surface area contributed by atoms with Crippen molar-refractivity contribution in [2.24, 2.45) is 5.92 Å². The molecule has 0 amide bonds. The highest BCUT2D eigenvalue weighted by atomic mass is 16.5. The highest BCUT2D eigenvalue weighted by Crippen LogP contribution is 2.29. The van der Waals surface area contributed by atoms with Crippen LogP contribution in [0.25, 0.3) is 11.3 Å². The fourth-order valence-corrected chi connectivity index (χ4v) is 1.91. The highest BCUT2D eigenvalue weighted by molar-refractivity contribution is 5.69. The first-order valence-electron chi connectivity index (χ1n) is 6.08. The number of rotatable bonds is 4. The van der Waals surface area contributed by atoms with Crippen LogP contribution in [-0.4, -0.2) is 16.9 Å². The number of hydrogen-bond donors (Lipinski definition) is 1. The van der Waals surface area contributed by atoms with Crippen LogP contribution in [0.2, 0.25) is 0 Å². The Morgan fingerprint density at radius 1 is 1.33 bits per heavy atom. The number of aromatic nitrogens is 2. The molecule has 2 rings (SSSR count). The summed E-state index contributed by atoms with van der Waals surface area (Å²) in [4.78, 5) is 0. The van der Waals surface area contributed by atoms with Crippen molar-refractivity contribution < 1.29 is 4.74 Å². The molecule has 1 aromatic heterocycles. The van der Waals surface area contributed by atoms with E-state index in [4.69, 9.17) is 10.5 Å². The van der Waals surface area contributed by atoms with Crippen molar-refractivity contribution in [2.75, 3.05) is 12.8 Å². The molecule has 0 fully saturated rings. The summed E-state index contributed by atoms with van der Waals surface area (Å²) in [5.41, 5.74) is 7.80. The summed E-state index contributed by atoms with van der Waals surface area (Å²) in [6.45, 7) is 5.11. The zero-order chi connectivity index (χ0) is 13.1. The minimum Gasteiger partial charge on any atom is -0.496 e. The molecule has 0 aliphatic heterocycles. The van der Waals surface area contributed by atoms with Gasteiger partial charge in [0.2, 0.25) is 0 Å². The second kappa shape index (κ2) is 5.12. The largest absolute Gasteiger partial charge is 0.496 e. The van der Waals surface area contributed by atoms with Crippen LogP contribution in [0.3, 0.4) is 0 Å². The zero-order valence-electron chi connectivity index (χ0n) is 11.1. The minimum absolute atomic E-state index is 0.512. The highest BCUT2D eigenvalue weighted by Gasteiger charge is 2.11. The quantitative estimate of drug-likeness (QED) is 0.901. The molecule has 0 spiro atoms. The first-order valence-corrected chi connectivity index (χ1v) is 6.08. The van der Waals surface area contributed by atoms with E-state index in [9.17, 15) is 0 Å². The number of anilines is 1. The van der Waals surface area contributed by atoms with E-state index in [1.54, 1.807) is 7.11 Å². The molecular formula is C14H19N3O. The SMILES string of the molecule is COc1ccccc1-c1cc(N)n(CC(C)C)n1. The predicted molar refractivity (Wildman–Crippen MR) is 73.5 cm³/mol. The lowest BCUT2D eigenvalue weighted by atomic mass is 10.1. The van der Waals surface area contributed by atoms with Crippen molar-refractivity contribution in [2.45, 2.75) is 20.4 Å². The van der Waals surface area contributed by atoms with E-state index >= 15 is 0 Å². The molecule has 0 aliphatic carbocycles. The van der Waals surface area contributed by atoms with E-state index in [0.717, 1.165) is 23.6 Å². The molecule has 4 heteroatoms. The standard InChI is InChI=1S/C14H19N3O/c1-10(2)9-17-14(15)8-12(16-17)11-6-4-5-7-13(11)18-3/h4-8,10H,9,15H2,1-3H3. The van der Waals surface area contributed by atoms with Crippen LogP contribution in [-0.2, 0) is 6.54 Å². The van der Waals surface area contributed by atoms with E-state index in [2.05, 4.69) is 18.9 Å². The van der Waals surface area contributed by atoms with Gasteiger partial charge in [-0.15, -0.1) is 0 Å². The van der Waals surface area contributed by atoms with Gasteiger partial charge in [0.1, 0.15) is 11.6 Å². The lowest BCUT2D eigenvalue weighted by Gasteiger charge is -2.07. The van der Waals surface area contributed by atoms with Crippen LogP contribution >= 0.6 is 0 Å². The molecule has 0 aliphatic rings. The van der Waals surface area contributed by atoms with Gasteiger partial charge in [0, 0.05) is 18.2 Å². The van der Waals surface area contributed by atoms with Crippen molar-refractivity contribution in [3.8, 4) is 17.0 Å². The summed E-state index contributed by atoms with van der Waals surface area (Å²) in [7, 11) is 1.66. The summed E-state index contributed by atoms with van der Waals surface area (Å²) in [6.07, 6.45) is 0. The van der Waals surface area contributed by atoms with Gasteiger partial charge < -0.3 is 10.5 Å². The molecule has 1 aromatic carbocycles. The van der Waals surface area contributed by atoms with E-state index in [1.165, 1.54) is 0 Å². The molecule has 0 unspecified atom stereocenters. The van der Waals surface area contributed by atoms with Gasteiger partial charge in [0.15, 0.2) is 0 Å². The lowest BCUT2D eigenvalue weighted by Crippen LogP contribution is -2.09. The van der Waals surface area contributed by atoms with E-state index < -0.39 is 0 Å².